The summed E-state index contributed by atoms with van der Waals surface area (Å²) in [6.45, 7) is 0. The lowest BCUT2D eigenvalue weighted by Gasteiger charge is -2.27. The highest BCUT2D eigenvalue weighted by Gasteiger charge is 2.21. The number of anilines is 3. The van der Waals surface area contributed by atoms with Gasteiger partial charge in [-0.3, -0.25) is 0 Å². The number of fused-ring (bicyclic) bond motifs is 11. The quantitative estimate of drug-likeness (QED) is 0.170. The van der Waals surface area contributed by atoms with Gasteiger partial charge in [0, 0.05) is 48.0 Å². The van der Waals surface area contributed by atoms with Crippen molar-refractivity contribution < 1.29 is 0 Å². The van der Waals surface area contributed by atoms with E-state index in [1.54, 1.807) is 0 Å². The second kappa shape index (κ2) is 11.0. The molecular formula is C48H30N2S. The van der Waals surface area contributed by atoms with E-state index in [4.69, 9.17) is 0 Å². The Balaban J connectivity index is 1.20. The maximum Gasteiger partial charge on any atom is 0.0554 e. The minimum Gasteiger partial charge on any atom is -0.310 e. The summed E-state index contributed by atoms with van der Waals surface area (Å²) in [6.07, 6.45) is 0. The minimum absolute atomic E-state index is 1.13. The third kappa shape index (κ3) is 4.29. The summed E-state index contributed by atoms with van der Waals surface area (Å²) in [5.41, 5.74) is 7.02. The molecule has 0 aliphatic rings. The predicted octanol–water partition coefficient (Wildman–Crippen LogP) is 14.1. The first-order chi connectivity index (χ1) is 25.3. The van der Waals surface area contributed by atoms with Crippen LogP contribution in [-0.4, -0.2) is 4.57 Å². The normalized spacial score (nSPS) is 11.9. The van der Waals surface area contributed by atoms with Crippen LogP contribution in [0.5, 0.6) is 0 Å². The standard InChI is InChI=1S/C48H30N2S/c1-2-12-34(13-3-1)50-42-17-8-6-15-39(42)41-30-36(26-28-43(41)50)49(44-18-10-20-46-48(44)40-16-7-9-19-45(40)51-46)35-25-27-38-33(29-35)24-23-32-22-21-31-11-4-5-14-37(31)47(32)38/h1-30H. The second-order valence-electron chi connectivity index (χ2n) is 13.3. The van der Waals surface area contributed by atoms with Crippen molar-refractivity contribution in [3.8, 4) is 5.69 Å². The van der Waals surface area contributed by atoms with Crippen molar-refractivity contribution in [2.75, 3.05) is 4.90 Å². The van der Waals surface area contributed by atoms with E-state index in [2.05, 4.69) is 191 Å². The summed E-state index contributed by atoms with van der Waals surface area (Å²) in [4.78, 5) is 2.47. The van der Waals surface area contributed by atoms with Gasteiger partial charge in [-0.25, -0.2) is 0 Å². The molecular weight excluding hydrogens is 637 g/mol. The molecule has 2 aromatic heterocycles. The monoisotopic (exact) mass is 666 g/mol. The zero-order valence-corrected chi connectivity index (χ0v) is 28.4. The van der Waals surface area contributed by atoms with Crippen molar-refractivity contribution in [2.24, 2.45) is 0 Å². The predicted molar refractivity (Wildman–Crippen MR) is 221 cm³/mol. The maximum absolute atomic E-state index is 2.47. The molecule has 0 unspecified atom stereocenters. The number of hydrogen-bond acceptors (Lipinski definition) is 2. The van der Waals surface area contributed by atoms with Crippen LogP contribution < -0.4 is 4.90 Å². The van der Waals surface area contributed by atoms with Gasteiger partial charge in [-0.2, -0.15) is 0 Å². The zero-order chi connectivity index (χ0) is 33.5. The van der Waals surface area contributed by atoms with Gasteiger partial charge in [-0.15, -0.1) is 11.3 Å². The lowest BCUT2D eigenvalue weighted by molar-refractivity contribution is 1.18. The molecule has 2 nitrogen and oxygen atoms in total. The number of benzene rings is 9. The molecule has 0 saturated heterocycles. The molecule has 2 heterocycles. The Morgan fingerprint density at radius 2 is 1.02 bits per heavy atom. The molecule has 0 aliphatic heterocycles. The van der Waals surface area contributed by atoms with Crippen molar-refractivity contribution >= 4 is 103 Å². The van der Waals surface area contributed by atoms with E-state index < -0.39 is 0 Å². The van der Waals surface area contributed by atoms with Gasteiger partial charge in [0.25, 0.3) is 0 Å². The highest BCUT2D eigenvalue weighted by molar-refractivity contribution is 7.26. The zero-order valence-electron chi connectivity index (χ0n) is 27.6. The van der Waals surface area contributed by atoms with E-state index in [1.165, 1.54) is 80.0 Å². The van der Waals surface area contributed by atoms with Crippen LogP contribution in [0.15, 0.2) is 182 Å². The fourth-order valence-corrected chi connectivity index (χ4v) is 9.41. The van der Waals surface area contributed by atoms with E-state index in [1.807, 2.05) is 11.3 Å². The van der Waals surface area contributed by atoms with E-state index in [9.17, 15) is 0 Å². The molecule has 0 spiro atoms. The van der Waals surface area contributed by atoms with Crippen LogP contribution in [0.4, 0.5) is 17.1 Å². The van der Waals surface area contributed by atoms with Crippen LogP contribution in [0.25, 0.3) is 80.0 Å². The third-order valence-electron chi connectivity index (χ3n) is 10.5. The number of rotatable bonds is 4. The van der Waals surface area contributed by atoms with Crippen molar-refractivity contribution in [3.63, 3.8) is 0 Å². The largest absolute Gasteiger partial charge is 0.310 e. The summed E-state index contributed by atoms with van der Waals surface area (Å²) >= 11 is 1.86. The SMILES string of the molecule is c1ccc(-n2c3ccccc3c3cc(N(c4ccc5c(ccc6ccc7ccccc7c65)c4)c4cccc5sc6ccccc6c45)ccc32)cc1. The van der Waals surface area contributed by atoms with Gasteiger partial charge < -0.3 is 9.47 Å². The molecule has 3 heteroatoms. The average Bonchev–Trinajstić information content (AvgIpc) is 3.74. The fourth-order valence-electron chi connectivity index (χ4n) is 8.29. The van der Waals surface area contributed by atoms with Gasteiger partial charge >= 0.3 is 0 Å². The number of aromatic nitrogens is 1. The van der Waals surface area contributed by atoms with Crippen LogP contribution in [0.1, 0.15) is 0 Å². The molecule has 238 valence electrons. The van der Waals surface area contributed by atoms with Crippen molar-refractivity contribution in [3.05, 3.63) is 182 Å². The highest BCUT2D eigenvalue weighted by Crippen LogP contribution is 2.47. The van der Waals surface area contributed by atoms with Crippen LogP contribution in [0, 0.1) is 0 Å². The average molecular weight is 667 g/mol. The number of nitrogens with zero attached hydrogens (tertiary/aromatic N) is 2. The van der Waals surface area contributed by atoms with E-state index in [-0.39, 0.29) is 0 Å². The molecule has 0 bridgehead atoms. The third-order valence-corrected chi connectivity index (χ3v) is 11.7. The second-order valence-corrected chi connectivity index (χ2v) is 14.4. The molecule has 0 radical (unpaired) electrons. The first-order valence-corrected chi connectivity index (χ1v) is 18.3. The molecule has 11 aromatic rings. The van der Waals surface area contributed by atoms with Crippen LogP contribution in [0.2, 0.25) is 0 Å². The Labute approximate surface area is 298 Å². The molecule has 9 aromatic carbocycles. The van der Waals surface area contributed by atoms with Gasteiger partial charge in [0.05, 0.1) is 16.7 Å². The number of para-hydroxylation sites is 2. The topological polar surface area (TPSA) is 8.17 Å². The number of hydrogen-bond donors (Lipinski definition) is 0. The van der Waals surface area contributed by atoms with Crippen LogP contribution in [-0.2, 0) is 0 Å². The molecule has 0 aliphatic carbocycles. The van der Waals surface area contributed by atoms with Crippen molar-refractivity contribution in [1.29, 1.82) is 0 Å². The molecule has 0 saturated carbocycles. The van der Waals surface area contributed by atoms with E-state index >= 15 is 0 Å². The van der Waals surface area contributed by atoms with Gasteiger partial charge in [-0.05, 0) is 99.0 Å². The number of thiophene rings is 1. The van der Waals surface area contributed by atoms with Crippen LogP contribution >= 0.6 is 11.3 Å². The summed E-state index contributed by atoms with van der Waals surface area (Å²) < 4.78 is 4.98. The Morgan fingerprint density at radius 3 is 1.92 bits per heavy atom. The summed E-state index contributed by atoms with van der Waals surface area (Å²) in [7, 11) is 0. The van der Waals surface area contributed by atoms with Crippen LogP contribution in [0.3, 0.4) is 0 Å². The van der Waals surface area contributed by atoms with Crippen molar-refractivity contribution in [2.45, 2.75) is 0 Å². The Hall–Kier alpha value is -6.42. The Morgan fingerprint density at radius 1 is 0.373 bits per heavy atom. The molecule has 0 amide bonds. The minimum atomic E-state index is 1.13. The maximum atomic E-state index is 2.47. The molecule has 51 heavy (non-hydrogen) atoms. The molecule has 11 rings (SSSR count). The van der Waals surface area contributed by atoms with E-state index in [0.29, 0.717) is 0 Å². The van der Waals surface area contributed by atoms with Gasteiger partial charge in [0.2, 0.25) is 0 Å². The van der Waals surface area contributed by atoms with Gasteiger partial charge in [0.15, 0.2) is 0 Å². The fraction of sp³-hybridized carbons (Fsp3) is 0. The summed E-state index contributed by atoms with van der Waals surface area (Å²) in [5.74, 6) is 0. The molecule has 0 N–H and O–H groups in total. The summed E-state index contributed by atoms with van der Waals surface area (Å²) in [6, 6.07) is 66.8. The first-order valence-electron chi connectivity index (χ1n) is 17.4. The first kappa shape index (κ1) is 28.4. The highest BCUT2D eigenvalue weighted by atomic mass is 32.1. The lowest BCUT2D eigenvalue weighted by Crippen LogP contribution is -2.10. The molecule has 0 fully saturated rings. The Bertz CT molecular complexity index is 3150. The summed E-state index contributed by atoms with van der Waals surface area (Å²) in [5, 5.41) is 12.7. The molecule has 0 atom stereocenters. The van der Waals surface area contributed by atoms with Gasteiger partial charge in [-0.1, -0.05) is 115 Å². The van der Waals surface area contributed by atoms with E-state index in [0.717, 1.165) is 17.1 Å². The smallest absolute Gasteiger partial charge is 0.0554 e. The van der Waals surface area contributed by atoms with Crippen molar-refractivity contribution in [1.82, 2.24) is 4.57 Å². The Kier molecular flexibility index (Phi) is 6.16. The lowest BCUT2D eigenvalue weighted by atomic mass is 9.96. The van der Waals surface area contributed by atoms with Gasteiger partial charge in [0.1, 0.15) is 0 Å².